The zero-order chi connectivity index (χ0) is 26.9. The average Bonchev–Trinajstić information content (AvgIpc) is 2.77. The van der Waals surface area contributed by atoms with Crippen LogP contribution in [0.25, 0.3) is 0 Å². The SMILES string of the molecule is O=C([O-])C1C(C(=O)[O-])S(=O)(=O)ONOS1(=O)=O.O=C([O-])C1C(C(=O)[O-])S(=O)(=O)ONOS1(=O)=O.[Na+].[Na+].[Na+].[Na+]. The zero-order valence-electron chi connectivity index (χ0n) is 19.1. The van der Waals surface area contributed by atoms with Crippen LogP contribution < -0.4 is 150 Å². The first-order valence-electron chi connectivity index (χ1n) is 7.21. The quantitative estimate of drug-likeness (QED) is 0.262. The number of aliphatic carboxylic acids is 4. The van der Waals surface area contributed by atoms with Crippen molar-refractivity contribution >= 4 is 64.3 Å². The molecular weight excluding hydrogens is 664 g/mol. The van der Waals surface area contributed by atoms with Crippen molar-refractivity contribution in [3.63, 3.8) is 0 Å². The Balaban J connectivity index is -0.000000275. The molecule has 2 fully saturated rings. The number of hydrogen-bond acceptors (Lipinski definition) is 22. The van der Waals surface area contributed by atoms with E-state index in [0.29, 0.717) is 0 Å². The molecule has 22 nitrogen and oxygen atoms in total. The molecule has 38 heavy (non-hydrogen) atoms. The largest absolute Gasteiger partial charge is 1.00 e. The number of nitrogens with one attached hydrogen (secondary N) is 2. The van der Waals surface area contributed by atoms with Gasteiger partial charge in [0.2, 0.25) is 0 Å². The van der Waals surface area contributed by atoms with Gasteiger partial charge in [-0.2, -0.15) is 50.8 Å². The summed E-state index contributed by atoms with van der Waals surface area (Å²) in [4.78, 5) is 42.1. The van der Waals surface area contributed by atoms with Gasteiger partial charge in [0.15, 0.2) is 21.0 Å². The third-order valence-corrected chi connectivity index (χ3v) is 9.22. The van der Waals surface area contributed by atoms with Crippen LogP contribution in [0.1, 0.15) is 0 Å². The van der Waals surface area contributed by atoms with Crippen LogP contribution in [-0.4, -0.2) is 78.5 Å². The third-order valence-electron chi connectivity index (χ3n) is 3.32. The maximum Gasteiger partial charge on any atom is 1.00 e. The van der Waals surface area contributed by atoms with E-state index in [-0.39, 0.29) is 118 Å². The number of rotatable bonds is 4. The van der Waals surface area contributed by atoms with Gasteiger partial charge < -0.3 is 39.6 Å². The van der Waals surface area contributed by atoms with Gasteiger partial charge in [0.1, 0.15) is 0 Å². The number of carboxylic acids is 4. The monoisotopic (exact) mass is 670 g/mol. The maximum atomic E-state index is 11.1. The molecule has 2 saturated heterocycles. The Morgan fingerprint density at radius 2 is 0.553 bits per heavy atom. The van der Waals surface area contributed by atoms with Gasteiger partial charge in [0.05, 0.1) is 23.9 Å². The summed E-state index contributed by atoms with van der Waals surface area (Å²) in [7, 11) is -20.5. The standard InChI is InChI=1S/2C4H5NO10S2.4Na/c2*6-3(7)1-2(4(8)9)17(12,13)15-5-14-16(1,10)11;;;;/h2*1-2,5H,(H,6,7)(H,8,9);;;;/q;;4*+1/p-4. The fraction of sp³-hybridized carbons (Fsp3) is 0.500. The molecule has 2 aliphatic rings. The number of hydrogen-bond donors (Lipinski definition) is 2. The molecule has 0 saturated carbocycles. The third kappa shape index (κ3) is 11.6. The van der Waals surface area contributed by atoms with E-state index in [2.05, 4.69) is 17.1 Å². The molecule has 0 bridgehead atoms. The first kappa shape index (κ1) is 46.4. The first-order valence-corrected chi connectivity index (χ1v) is 13.1. The molecule has 2 heterocycles. The molecule has 2 aliphatic heterocycles. The molecule has 30 heteroatoms. The molecule has 4 atom stereocenters. The van der Waals surface area contributed by atoms with E-state index in [4.69, 9.17) is 0 Å². The van der Waals surface area contributed by atoms with Gasteiger partial charge >= 0.3 is 118 Å². The number of carbonyl (C=O) groups excluding carboxylic acids is 4. The minimum absolute atomic E-state index is 0. The molecule has 0 aromatic rings. The Labute approximate surface area is 300 Å². The summed E-state index contributed by atoms with van der Waals surface area (Å²) < 4.78 is 103. The van der Waals surface area contributed by atoms with E-state index < -0.39 is 85.3 Å². The van der Waals surface area contributed by atoms with Crippen molar-refractivity contribution in [3.8, 4) is 0 Å². The molecule has 0 radical (unpaired) electrons. The summed E-state index contributed by atoms with van der Waals surface area (Å²) in [6, 6.07) is 0. The van der Waals surface area contributed by atoms with Gasteiger partial charge in [-0.15, -0.1) is 0 Å². The molecule has 196 valence electrons. The summed E-state index contributed by atoms with van der Waals surface area (Å²) in [5.74, 6) is -9.96. The Bertz CT molecular complexity index is 1110. The van der Waals surface area contributed by atoms with Crippen molar-refractivity contribution in [3.05, 3.63) is 0 Å². The van der Waals surface area contributed by atoms with Crippen LogP contribution in [0, 0.1) is 0 Å². The molecule has 2 rings (SSSR count). The summed E-state index contributed by atoms with van der Waals surface area (Å²) in [5.41, 5.74) is 1.88. The van der Waals surface area contributed by atoms with Gasteiger partial charge in [-0.05, 0) is 11.3 Å². The second-order valence-corrected chi connectivity index (χ2v) is 12.1. The first-order chi connectivity index (χ1) is 15.2. The topological polar surface area (TPSA) is 358 Å². The normalized spacial score (nSPS) is 28.0. The second-order valence-electron chi connectivity index (χ2n) is 5.43. The van der Waals surface area contributed by atoms with E-state index in [9.17, 15) is 73.3 Å². The summed E-state index contributed by atoms with van der Waals surface area (Å²) in [5, 5.41) is 30.0. The van der Waals surface area contributed by atoms with Crippen molar-refractivity contribution in [1.29, 1.82) is 0 Å². The average molecular weight is 670 g/mol. The molecule has 0 aromatic heterocycles. The molecule has 2 N–H and O–H groups in total. The van der Waals surface area contributed by atoms with Gasteiger partial charge in [0, 0.05) is 0 Å². The van der Waals surface area contributed by atoms with Crippen molar-refractivity contribution in [1.82, 2.24) is 11.3 Å². The molecule has 0 aliphatic carbocycles. The van der Waals surface area contributed by atoms with E-state index in [1.54, 1.807) is 0 Å². The molecule has 0 aromatic carbocycles. The van der Waals surface area contributed by atoms with Crippen LogP contribution in [0.2, 0.25) is 0 Å². The predicted octanol–water partition coefficient (Wildman–Crippen LogP) is -23.3. The number of carboxylic acid groups (broad SMARTS) is 4. The number of carbonyl (C=O) groups is 4. The van der Waals surface area contributed by atoms with Crippen molar-refractivity contribution in [2.45, 2.75) is 21.0 Å². The minimum atomic E-state index is -5.12. The van der Waals surface area contributed by atoms with Crippen LogP contribution in [0.5, 0.6) is 0 Å². The smallest absolute Gasteiger partial charge is 0.549 e. The minimum Gasteiger partial charge on any atom is -0.549 e. The summed E-state index contributed by atoms with van der Waals surface area (Å²) in [6.45, 7) is 0. The molecule has 0 spiro atoms. The van der Waals surface area contributed by atoms with Crippen LogP contribution in [0.15, 0.2) is 0 Å². The van der Waals surface area contributed by atoms with E-state index in [0.717, 1.165) is 11.3 Å². The van der Waals surface area contributed by atoms with Crippen molar-refractivity contribution in [2.75, 3.05) is 0 Å². The fourth-order valence-electron chi connectivity index (χ4n) is 2.00. The Morgan fingerprint density at radius 3 is 0.658 bits per heavy atom. The molecular formula is C8H6N2Na4O20S4. The Morgan fingerprint density at radius 1 is 0.421 bits per heavy atom. The van der Waals surface area contributed by atoms with Crippen molar-refractivity contribution in [2.24, 2.45) is 0 Å². The Kier molecular flexibility index (Phi) is 21.4. The second kappa shape index (κ2) is 17.5. The van der Waals surface area contributed by atoms with Crippen LogP contribution in [0.3, 0.4) is 0 Å². The van der Waals surface area contributed by atoms with Gasteiger partial charge in [0.25, 0.3) is 40.5 Å². The maximum absolute atomic E-state index is 11.1. The van der Waals surface area contributed by atoms with E-state index in [1.165, 1.54) is 0 Å². The van der Waals surface area contributed by atoms with Crippen LogP contribution in [0.4, 0.5) is 0 Å². The van der Waals surface area contributed by atoms with Gasteiger partial charge in [-0.3, -0.25) is 0 Å². The fourth-order valence-corrected chi connectivity index (χ4v) is 7.24. The van der Waals surface area contributed by atoms with E-state index in [1.807, 2.05) is 0 Å². The van der Waals surface area contributed by atoms with Gasteiger partial charge in [-0.25, -0.2) is 0 Å². The molecule has 0 amide bonds. The van der Waals surface area contributed by atoms with Crippen molar-refractivity contribution < 1.29 is 209 Å². The van der Waals surface area contributed by atoms with Gasteiger partial charge in [-0.1, -0.05) is 0 Å². The van der Waals surface area contributed by atoms with E-state index >= 15 is 0 Å². The zero-order valence-corrected chi connectivity index (χ0v) is 30.4. The Hall–Kier alpha value is 1.44. The molecule has 4 unspecified atom stereocenters. The predicted molar refractivity (Wildman–Crippen MR) is 81.5 cm³/mol. The van der Waals surface area contributed by atoms with Crippen LogP contribution >= 0.6 is 0 Å². The summed E-state index contributed by atoms with van der Waals surface area (Å²) in [6.07, 6.45) is 0. The summed E-state index contributed by atoms with van der Waals surface area (Å²) >= 11 is 0. The van der Waals surface area contributed by atoms with Crippen LogP contribution in [-0.2, 0) is 76.8 Å².